The topological polar surface area (TPSA) is 98.8 Å². The first-order chi connectivity index (χ1) is 14.3. The molecular weight excluding hydrogens is 404 g/mol. The molecule has 0 saturated carbocycles. The number of amides is 3. The van der Waals surface area contributed by atoms with E-state index in [1.54, 1.807) is 41.3 Å². The molecule has 0 aliphatic carbocycles. The monoisotopic (exact) mass is 430 g/mol. The molecule has 9 heteroatoms. The van der Waals surface area contributed by atoms with Gasteiger partial charge in [0, 0.05) is 55.9 Å². The minimum absolute atomic E-state index is 0.0712. The SMILES string of the molecule is CS(=O)(=O)CCN1CCN(C(=O)c2ccc(NC(=O)Nc3ccccc3)cc2)CC1. The van der Waals surface area contributed by atoms with Crippen molar-refractivity contribution in [2.45, 2.75) is 0 Å². The Bertz CT molecular complexity index is 970. The zero-order chi connectivity index (χ0) is 21.6. The predicted octanol–water partition coefficient (Wildman–Crippen LogP) is 2.13. The van der Waals surface area contributed by atoms with E-state index in [0.29, 0.717) is 49.7 Å². The minimum atomic E-state index is -2.98. The van der Waals surface area contributed by atoms with Crippen molar-refractivity contribution in [1.82, 2.24) is 9.80 Å². The fourth-order valence-corrected chi connectivity index (χ4v) is 3.75. The molecule has 1 aliphatic rings. The molecule has 2 aromatic rings. The maximum atomic E-state index is 12.7. The molecule has 8 nitrogen and oxygen atoms in total. The lowest BCUT2D eigenvalue weighted by atomic mass is 10.1. The van der Waals surface area contributed by atoms with Crippen LogP contribution in [0.3, 0.4) is 0 Å². The molecule has 160 valence electrons. The number of urea groups is 1. The molecule has 0 bridgehead atoms. The Labute approximate surface area is 176 Å². The van der Waals surface area contributed by atoms with Gasteiger partial charge >= 0.3 is 6.03 Å². The smallest absolute Gasteiger partial charge is 0.323 e. The molecule has 0 spiro atoms. The second kappa shape index (κ2) is 9.73. The number of para-hydroxylation sites is 1. The Hall–Kier alpha value is -2.91. The van der Waals surface area contributed by atoms with Crippen LogP contribution in [0.4, 0.5) is 16.2 Å². The van der Waals surface area contributed by atoms with E-state index in [9.17, 15) is 18.0 Å². The summed E-state index contributed by atoms with van der Waals surface area (Å²) in [5.41, 5.74) is 1.83. The van der Waals surface area contributed by atoms with Crippen molar-refractivity contribution >= 4 is 33.2 Å². The maximum Gasteiger partial charge on any atom is 0.323 e. The van der Waals surface area contributed by atoms with Crippen molar-refractivity contribution in [3.8, 4) is 0 Å². The zero-order valence-electron chi connectivity index (χ0n) is 16.9. The van der Waals surface area contributed by atoms with E-state index in [0.717, 1.165) is 0 Å². The van der Waals surface area contributed by atoms with Crippen LogP contribution in [-0.2, 0) is 9.84 Å². The highest BCUT2D eigenvalue weighted by Crippen LogP contribution is 2.14. The van der Waals surface area contributed by atoms with Crippen molar-refractivity contribution in [2.75, 3.05) is 55.4 Å². The summed E-state index contributed by atoms with van der Waals surface area (Å²) in [5, 5.41) is 5.47. The molecule has 3 rings (SSSR count). The standard InChI is InChI=1S/C21H26N4O4S/c1-30(28,29)16-15-24-11-13-25(14-12-24)20(26)17-7-9-19(10-8-17)23-21(27)22-18-5-3-2-4-6-18/h2-10H,11-16H2,1H3,(H2,22,23,27). The number of piperazine rings is 1. The third-order valence-electron chi connectivity index (χ3n) is 4.86. The van der Waals surface area contributed by atoms with Gasteiger partial charge in [0.2, 0.25) is 0 Å². The number of hydrogen-bond acceptors (Lipinski definition) is 5. The van der Waals surface area contributed by atoms with Gasteiger partial charge in [-0.15, -0.1) is 0 Å². The third-order valence-corrected chi connectivity index (χ3v) is 5.78. The Balaban J connectivity index is 1.49. The average molecular weight is 431 g/mol. The van der Waals surface area contributed by atoms with Crippen LogP contribution in [0.25, 0.3) is 0 Å². The molecule has 30 heavy (non-hydrogen) atoms. The lowest BCUT2D eigenvalue weighted by molar-refractivity contribution is 0.0644. The highest BCUT2D eigenvalue weighted by molar-refractivity contribution is 7.90. The number of sulfone groups is 1. The lowest BCUT2D eigenvalue weighted by Crippen LogP contribution is -2.49. The first-order valence-electron chi connectivity index (χ1n) is 9.73. The Kier molecular flexibility index (Phi) is 7.07. The highest BCUT2D eigenvalue weighted by Gasteiger charge is 2.22. The normalized spacial score (nSPS) is 14.9. The lowest BCUT2D eigenvalue weighted by Gasteiger charge is -2.34. The number of rotatable bonds is 6. The Morgan fingerprint density at radius 2 is 1.43 bits per heavy atom. The Morgan fingerprint density at radius 3 is 2.00 bits per heavy atom. The summed E-state index contributed by atoms with van der Waals surface area (Å²) in [6, 6.07) is 15.5. The van der Waals surface area contributed by atoms with Gasteiger partial charge in [0.1, 0.15) is 9.84 Å². The molecule has 0 atom stereocenters. The van der Waals surface area contributed by atoms with Gasteiger partial charge in [-0.2, -0.15) is 0 Å². The van der Waals surface area contributed by atoms with Crippen LogP contribution >= 0.6 is 0 Å². The second-order valence-electron chi connectivity index (χ2n) is 7.29. The molecule has 1 saturated heterocycles. The van der Waals surface area contributed by atoms with E-state index in [1.165, 1.54) is 6.26 Å². The molecular formula is C21H26N4O4S. The fourth-order valence-electron chi connectivity index (χ4n) is 3.16. The largest absolute Gasteiger partial charge is 0.336 e. The molecule has 1 heterocycles. The second-order valence-corrected chi connectivity index (χ2v) is 9.55. The van der Waals surface area contributed by atoms with Gasteiger partial charge in [-0.05, 0) is 36.4 Å². The summed E-state index contributed by atoms with van der Waals surface area (Å²) < 4.78 is 22.6. The van der Waals surface area contributed by atoms with Crippen molar-refractivity contribution in [3.05, 3.63) is 60.2 Å². The fraction of sp³-hybridized carbons (Fsp3) is 0.333. The number of nitrogens with one attached hydrogen (secondary N) is 2. The van der Waals surface area contributed by atoms with Crippen LogP contribution in [0.15, 0.2) is 54.6 Å². The van der Waals surface area contributed by atoms with Gasteiger partial charge in [-0.25, -0.2) is 13.2 Å². The number of anilines is 2. The van der Waals surface area contributed by atoms with Crippen LogP contribution < -0.4 is 10.6 Å². The summed E-state index contributed by atoms with van der Waals surface area (Å²) in [5.74, 6) is 0.0610. The van der Waals surface area contributed by atoms with E-state index in [1.807, 2.05) is 18.2 Å². The van der Waals surface area contributed by atoms with E-state index < -0.39 is 9.84 Å². The minimum Gasteiger partial charge on any atom is -0.336 e. The summed E-state index contributed by atoms with van der Waals surface area (Å²) in [6.45, 7) is 2.91. The van der Waals surface area contributed by atoms with Gasteiger partial charge in [0.05, 0.1) is 5.75 Å². The van der Waals surface area contributed by atoms with Gasteiger partial charge in [0.25, 0.3) is 5.91 Å². The van der Waals surface area contributed by atoms with Gasteiger partial charge in [-0.3, -0.25) is 9.69 Å². The van der Waals surface area contributed by atoms with Crippen molar-refractivity contribution in [3.63, 3.8) is 0 Å². The van der Waals surface area contributed by atoms with Gasteiger partial charge in [0.15, 0.2) is 0 Å². The summed E-state index contributed by atoms with van der Waals surface area (Å²) in [7, 11) is -2.98. The third kappa shape index (κ3) is 6.57. The van der Waals surface area contributed by atoms with Crippen molar-refractivity contribution in [2.24, 2.45) is 0 Å². The van der Waals surface area contributed by atoms with Crippen LogP contribution in [-0.4, -0.2) is 74.9 Å². The molecule has 1 aliphatic heterocycles. The highest BCUT2D eigenvalue weighted by atomic mass is 32.2. The summed E-state index contributed by atoms with van der Waals surface area (Å²) in [6.07, 6.45) is 1.23. The number of benzene rings is 2. The molecule has 0 radical (unpaired) electrons. The summed E-state index contributed by atoms with van der Waals surface area (Å²) >= 11 is 0. The number of carbonyl (C=O) groups excluding carboxylic acids is 2. The zero-order valence-corrected chi connectivity index (χ0v) is 17.7. The van der Waals surface area contributed by atoms with E-state index in [-0.39, 0.29) is 17.7 Å². The van der Waals surface area contributed by atoms with Gasteiger partial charge < -0.3 is 15.5 Å². The average Bonchev–Trinajstić information content (AvgIpc) is 2.73. The number of carbonyl (C=O) groups is 2. The van der Waals surface area contributed by atoms with Gasteiger partial charge in [-0.1, -0.05) is 18.2 Å². The number of nitrogens with zero attached hydrogens (tertiary/aromatic N) is 2. The van der Waals surface area contributed by atoms with Crippen LogP contribution in [0.1, 0.15) is 10.4 Å². The van der Waals surface area contributed by atoms with Crippen molar-refractivity contribution < 1.29 is 18.0 Å². The predicted molar refractivity (Wildman–Crippen MR) is 118 cm³/mol. The molecule has 2 N–H and O–H groups in total. The van der Waals surface area contributed by atoms with Crippen molar-refractivity contribution in [1.29, 1.82) is 0 Å². The molecule has 0 unspecified atom stereocenters. The van der Waals surface area contributed by atoms with Crippen LogP contribution in [0, 0.1) is 0 Å². The molecule has 0 aromatic heterocycles. The quantitative estimate of drug-likeness (QED) is 0.732. The van der Waals surface area contributed by atoms with Crippen LogP contribution in [0.2, 0.25) is 0 Å². The molecule has 3 amide bonds. The Morgan fingerprint density at radius 1 is 0.867 bits per heavy atom. The molecule has 1 fully saturated rings. The van der Waals surface area contributed by atoms with E-state index >= 15 is 0 Å². The van der Waals surface area contributed by atoms with Crippen LogP contribution in [0.5, 0.6) is 0 Å². The maximum absolute atomic E-state index is 12.7. The first-order valence-corrected chi connectivity index (χ1v) is 11.8. The number of hydrogen-bond donors (Lipinski definition) is 2. The van der Waals surface area contributed by atoms with E-state index in [2.05, 4.69) is 15.5 Å². The van der Waals surface area contributed by atoms with E-state index in [4.69, 9.17) is 0 Å². The summed E-state index contributed by atoms with van der Waals surface area (Å²) in [4.78, 5) is 28.6. The first kappa shape index (κ1) is 21.8. The molecule has 2 aromatic carbocycles.